The second-order valence-electron chi connectivity index (χ2n) is 7.88. The summed E-state index contributed by atoms with van der Waals surface area (Å²) in [4.78, 5) is 43.9. The predicted octanol–water partition coefficient (Wildman–Crippen LogP) is -1.34. The van der Waals surface area contributed by atoms with E-state index in [1.165, 1.54) is 6.92 Å². The van der Waals surface area contributed by atoms with Gasteiger partial charge in [-0.25, -0.2) is 0 Å². The zero-order chi connectivity index (χ0) is 31.0. The molecular weight excluding hydrogens is 534 g/mol. The molecule has 16 N–H and O–H groups in total. The highest BCUT2D eigenvalue weighted by atomic mass is 32.2. The molecule has 0 saturated heterocycles. The van der Waals surface area contributed by atoms with Gasteiger partial charge in [0.25, 0.3) is 0 Å². The molecule has 0 radical (unpaired) electrons. The predicted molar refractivity (Wildman–Crippen MR) is 151 cm³/mol. The van der Waals surface area contributed by atoms with Gasteiger partial charge < -0.3 is 54.8 Å². The Bertz CT molecular complexity index is 856. The minimum absolute atomic E-state index is 0.0129. The number of guanidine groups is 1. The fraction of sp³-hybridized carbons (Fsp3) is 0.522. The minimum Gasteiger partial charge on any atom is -0.480 e. The topological polar surface area (TPSA) is 318 Å². The third-order valence-corrected chi connectivity index (χ3v) is 4.88. The molecule has 0 spiro atoms. The van der Waals surface area contributed by atoms with Crippen molar-refractivity contribution in [3.63, 3.8) is 0 Å². The van der Waals surface area contributed by atoms with Gasteiger partial charge >= 0.3 is 23.9 Å². The number of thioether (sulfide) groups is 1. The monoisotopic (exact) mass is 577 g/mol. The van der Waals surface area contributed by atoms with Crippen LogP contribution in [0.5, 0.6) is 0 Å². The molecule has 16 heteroatoms. The van der Waals surface area contributed by atoms with Crippen molar-refractivity contribution in [2.24, 2.45) is 39.4 Å². The summed E-state index contributed by atoms with van der Waals surface area (Å²) < 4.78 is 0. The maximum absolute atomic E-state index is 10.4. The van der Waals surface area contributed by atoms with Crippen molar-refractivity contribution in [1.29, 1.82) is 0 Å². The number of carboxylic acid groups (broad SMARTS) is 4. The smallest absolute Gasteiger partial charge is 0.320 e. The van der Waals surface area contributed by atoms with Crippen molar-refractivity contribution >= 4 is 41.6 Å². The molecule has 1 rings (SSSR count). The van der Waals surface area contributed by atoms with Crippen LogP contribution in [-0.4, -0.2) is 93.0 Å². The van der Waals surface area contributed by atoms with E-state index < -0.39 is 48.0 Å². The quantitative estimate of drug-likeness (QED) is 0.0736. The van der Waals surface area contributed by atoms with E-state index in [1.807, 2.05) is 36.6 Å². The molecule has 0 aliphatic rings. The third-order valence-electron chi connectivity index (χ3n) is 4.24. The van der Waals surface area contributed by atoms with Crippen LogP contribution in [0.2, 0.25) is 0 Å². The van der Waals surface area contributed by atoms with Gasteiger partial charge in [-0.2, -0.15) is 11.8 Å². The van der Waals surface area contributed by atoms with Crippen LogP contribution in [0.15, 0.2) is 35.3 Å². The number of aliphatic imine (C=N–C) groups is 1. The number of carbonyl (C=O) groups is 4. The van der Waals surface area contributed by atoms with Crippen LogP contribution in [-0.2, 0) is 25.6 Å². The number of rotatable bonds is 13. The zero-order valence-corrected chi connectivity index (χ0v) is 23.0. The van der Waals surface area contributed by atoms with Crippen molar-refractivity contribution in [3.8, 4) is 0 Å². The molecule has 0 bridgehead atoms. The molecular formula is C23H43N7O8S. The van der Waals surface area contributed by atoms with Gasteiger partial charge in [-0.1, -0.05) is 30.3 Å². The lowest BCUT2D eigenvalue weighted by Crippen LogP contribution is -2.32. The summed E-state index contributed by atoms with van der Waals surface area (Å²) in [6.45, 7) is 1.84. The van der Waals surface area contributed by atoms with Gasteiger partial charge in [-0.15, -0.1) is 0 Å². The van der Waals surface area contributed by atoms with Crippen LogP contribution in [0.4, 0.5) is 0 Å². The SMILES string of the molecule is CSCC[C@H](N)C(=O)O.C[C@H](N)C(=O)O.NC(N)=NCCC[C@H](N)C(=O)O.N[C@@H](Cc1ccccc1)C(=O)O. The second-order valence-corrected chi connectivity index (χ2v) is 8.87. The lowest BCUT2D eigenvalue weighted by Gasteiger charge is -2.04. The highest BCUT2D eigenvalue weighted by molar-refractivity contribution is 7.98. The highest BCUT2D eigenvalue weighted by Gasteiger charge is 2.11. The number of carboxylic acids is 4. The average Bonchev–Trinajstić information content (AvgIpc) is 2.86. The molecule has 0 unspecified atom stereocenters. The molecule has 224 valence electrons. The van der Waals surface area contributed by atoms with Gasteiger partial charge in [-0.3, -0.25) is 24.2 Å². The van der Waals surface area contributed by atoms with E-state index in [0.717, 1.165) is 11.3 Å². The molecule has 0 aliphatic heterocycles. The molecule has 1 aromatic rings. The van der Waals surface area contributed by atoms with Gasteiger partial charge in [0.05, 0.1) is 0 Å². The summed E-state index contributed by atoms with van der Waals surface area (Å²) in [6, 6.07) is 6.31. The first-order valence-corrected chi connectivity index (χ1v) is 13.0. The molecule has 0 amide bonds. The van der Waals surface area contributed by atoms with E-state index in [2.05, 4.69) is 4.99 Å². The first kappa shape index (κ1) is 40.1. The highest BCUT2D eigenvalue weighted by Crippen LogP contribution is 2.01. The van der Waals surface area contributed by atoms with Crippen molar-refractivity contribution in [3.05, 3.63) is 35.9 Å². The molecule has 4 atom stereocenters. The Balaban J connectivity index is -0.000000457. The van der Waals surface area contributed by atoms with Crippen molar-refractivity contribution in [2.45, 2.75) is 56.8 Å². The van der Waals surface area contributed by atoms with Gasteiger partial charge in [0.1, 0.15) is 24.2 Å². The maximum atomic E-state index is 10.4. The van der Waals surface area contributed by atoms with Crippen molar-refractivity contribution in [1.82, 2.24) is 0 Å². The number of nitrogens with two attached hydrogens (primary N) is 6. The number of nitrogens with zero attached hydrogens (tertiary/aromatic N) is 1. The molecule has 39 heavy (non-hydrogen) atoms. The van der Waals surface area contributed by atoms with Crippen LogP contribution in [0.3, 0.4) is 0 Å². The van der Waals surface area contributed by atoms with Crippen LogP contribution < -0.4 is 34.4 Å². The van der Waals surface area contributed by atoms with Crippen molar-refractivity contribution < 1.29 is 39.6 Å². The van der Waals surface area contributed by atoms with Gasteiger partial charge in [0.15, 0.2) is 5.96 Å². The van der Waals surface area contributed by atoms with E-state index in [-0.39, 0.29) is 5.96 Å². The average molecular weight is 578 g/mol. The summed E-state index contributed by atoms with van der Waals surface area (Å²) in [5.74, 6) is -3.01. The first-order valence-electron chi connectivity index (χ1n) is 11.6. The van der Waals surface area contributed by atoms with Crippen LogP contribution in [0.25, 0.3) is 0 Å². The van der Waals surface area contributed by atoms with E-state index in [4.69, 9.17) is 54.8 Å². The Labute approximate surface area is 232 Å². The Morgan fingerprint density at radius 3 is 1.59 bits per heavy atom. The summed E-state index contributed by atoms with van der Waals surface area (Å²) in [5, 5.41) is 33.0. The number of hydrogen-bond acceptors (Lipinski definition) is 10. The van der Waals surface area contributed by atoms with Gasteiger partial charge in [-0.05, 0) is 50.2 Å². The molecule has 15 nitrogen and oxygen atoms in total. The van der Waals surface area contributed by atoms with E-state index in [1.54, 1.807) is 11.8 Å². The Hall–Kier alpha value is -3.44. The van der Waals surface area contributed by atoms with Crippen LogP contribution >= 0.6 is 11.8 Å². The summed E-state index contributed by atoms with van der Waals surface area (Å²) in [7, 11) is 0. The van der Waals surface area contributed by atoms with E-state index in [0.29, 0.717) is 32.2 Å². The zero-order valence-electron chi connectivity index (χ0n) is 22.2. The van der Waals surface area contributed by atoms with Gasteiger partial charge in [0, 0.05) is 6.54 Å². The van der Waals surface area contributed by atoms with Crippen LogP contribution in [0, 0.1) is 0 Å². The second kappa shape index (κ2) is 24.9. The minimum atomic E-state index is -1.00. The lowest BCUT2D eigenvalue weighted by molar-refractivity contribution is -0.139. The van der Waals surface area contributed by atoms with Crippen LogP contribution in [0.1, 0.15) is 31.7 Å². The molecule has 0 aliphatic carbocycles. The summed E-state index contributed by atoms with van der Waals surface area (Å²) >= 11 is 1.60. The number of benzene rings is 1. The molecule has 0 aromatic heterocycles. The number of aliphatic carboxylic acids is 4. The Morgan fingerprint density at radius 1 is 0.795 bits per heavy atom. The summed E-state index contributed by atoms with van der Waals surface area (Å²) in [6.07, 6.45) is 3.82. The molecule has 0 heterocycles. The largest absolute Gasteiger partial charge is 0.480 e. The molecule has 0 saturated carbocycles. The fourth-order valence-electron chi connectivity index (χ4n) is 1.97. The fourth-order valence-corrected chi connectivity index (χ4v) is 2.46. The summed E-state index contributed by atoms with van der Waals surface area (Å²) in [5.41, 5.74) is 31.6. The first-order chi connectivity index (χ1) is 18.1. The van der Waals surface area contributed by atoms with E-state index >= 15 is 0 Å². The number of hydrogen-bond donors (Lipinski definition) is 10. The van der Waals surface area contributed by atoms with Gasteiger partial charge in [0.2, 0.25) is 0 Å². The maximum Gasteiger partial charge on any atom is 0.320 e. The Kier molecular flexibility index (Phi) is 25.5. The molecule has 1 aromatic carbocycles. The normalized spacial score (nSPS) is 12.7. The Morgan fingerprint density at radius 2 is 1.23 bits per heavy atom. The molecule has 0 fully saturated rings. The van der Waals surface area contributed by atoms with Crippen molar-refractivity contribution in [2.75, 3.05) is 18.6 Å². The van der Waals surface area contributed by atoms with E-state index in [9.17, 15) is 19.2 Å². The lowest BCUT2D eigenvalue weighted by atomic mass is 10.1. The standard InChI is InChI=1S/C9H11NO2.C6H14N4O2.C5H11NO2S.C3H7NO2/c10-8(9(11)12)6-7-4-2-1-3-5-7;7-4(5(11)12)2-1-3-10-6(8)9;1-9-3-2-4(6)5(7)8;1-2(4)3(5)6/h1-5,8H,6,10H2,(H,11,12);4H,1-3,7H2,(H,11,12)(H4,8,9,10);4H,2-3,6H2,1H3,(H,7,8);2H,4H2,1H3,(H,5,6)/t8-;2*4-;2-/m0000/s1. The third kappa shape index (κ3) is 29.0.